The molecule has 2 bridgehead atoms. The van der Waals surface area contributed by atoms with E-state index in [0.29, 0.717) is 5.41 Å². The molecule has 0 amide bonds. The van der Waals surface area contributed by atoms with Crippen molar-refractivity contribution in [3.05, 3.63) is 35.4 Å². The lowest BCUT2D eigenvalue weighted by Gasteiger charge is -2.58. The number of hydrogen-bond donors (Lipinski definition) is 0. The molecule has 4 saturated carbocycles. The fourth-order valence-corrected chi connectivity index (χ4v) is 7.61. The van der Waals surface area contributed by atoms with Crippen LogP contribution in [0.1, 0.15) is 134 Å². The van der Waals surface area contributed by atoms with Gasteiger partial charge in [-0.05, 0) is 98.0 Å². The first kappa shape index (κ1) is 22.4. The summed E-state index contributed by atoms with van der Waals surface area (Å²) in [6, 6.07) is 9.94. The van der Waals surface area contributed by atoms with Crippen LogP contribution in [0.5, 0.6) is 0 Å². The van der Waals surface area contributed by atoms with Crippen molar-refractivity contribution in [3.8, 4) is 0 Å². The highest BCUT2D eigenvalue weighted by Crippen LogP contribution is 2.62. The Balaban J connectivity index is 1.30. The summed E-state index contributed by atoms with van der Waals surface area (Å²) in [5, 5.41) is 0. The lowest BCUT2D eigenvalue weighted by molar-refractivity contribution is -0.0294. The summed E-state index contributed by atoms with van der Waals surface area (Å²) < 4.78 is 0. The van der Waals surface area contributed by atoms with Crippen LogP contribution < -0.4 is 0 Å². The maximum absolute atomic E-state index is 2.51. The van der Waals surface area contributed by atoms with Crippen LogP contribution in [0.4, 0.5) is 0 Å². The number of hydrogen-bond acceptors (Lipinski definition) is 0. The summed E-state index contributed by atoms with van der Waals surface area (Å²) in [7, 11) is 0. The first-order valence-corrected chi connectivity index (χ1v) is 13.8. The fraction of sp³-hybridized carbons (Fsp3) is 0.800. The van der Waals surface area contributed by atoms with Crippen LogP contribution in [0, 0.1) is 17.3 Å². The number of aryl methyl sites for hydroxylation is 1. The van der Waals surface area contributed by atoms with Gasteiger partial charge in [-0.1, -0.05) is 89.5 Å². The maximum Gasteiger partial charge on any atom is -0.00463 e. The van der Waals surface area contributed by atoms with Crippen LogP contribution in [0.25, 0.3) is 0 Å². The Morgan fingerprint density at radius 3 is 1.90 bits per heavy atom. The van der Waals surface area contributed by atoms with E-state index in [1.54, 1.807) is 36.8 Å². The zero-order chi connectivity index (χ0) is 20.9. The number of unbranched alkanes of at least 4 members (excludes halogenated alkanes) is 4. The number of fused-ring (bicyclic) bond motifs is 3. The SMILES string of the molecule is CCCCCc1ccc(C23CCC([C@H]4CC[C@H](CCCCC)CC4)(CC2)CC3)cc1. The average Bonchev–Trinajstić information content (AvgIpc) is 2.81. The third kappa shape index (κ3) is 4.83. The van der Waals surface area contributed by atoms with Crippen molar-refractivity contribution in [1.29, 1.82) is 0 Å². The smallest absolute Gasteiger partial charge is 0.00463 e. The molecular weight excluding hydrogens is 360 g/mol. The van der Waals surface area contributed by atoms with Crippen molar-refractivity contribution in [1.82, 2.24) is 0 Å². The van der Waals surface area contributed by atoms with E-state index in [1.165, 1.54) is 89.9 Å². The minimum atomic E-state index is 0.529. The van der Waals surface area contributed by atoms with Crippen LogP contribution in [0.3, 0.4) is 0 Å². The van der Waals surface area contributed by atoms with Gasteiger partial charge in [0, 0.05) is 0 Å². The van der Waals surface area contributed by atoms with Crippen LogP contribution in [0.15, 0.2) is 24.3 Å². The van der Waals surface area contributed by atoms with Crippen LogP contribution in [-0.2, 0) is 11.8 Å². The topological polar surface area (TPSA) is 0 Å². The highest BCUT2D eigenvalue weighted by molar-refractivity contribution is 5.31. The summed E-state index contributed by atoms with van der Waals surface area (Å²) in [4.78, 5) is 0. The Hall–Kier alpha value is -0.780. The predicted octanol–water partition coefficient (Wildman–Crippen LogP) is 9.40. The second-order valence-corrected chi connectivity index (χ2v) is 11.5. The Kier molecular flexibility index (Phi) is 7.64. The summed E-state index contributed by atoms with van der Waals surface area (Å²) in [6.07, 6.45) is 26.3. The van der Waals surface area contributed by atoms with Crippen molar-refractivity contribution >= 4 is 0 Å². The van der Waals surface area contributed by atoms with Crippen LogP contribution >= 0.6 is 0 Å². The second kappa shape index (κ2) is 10.2. The molecule has 0 aliphatic heterocycles. The van der Waals surface area contributed by atoms with E-state index in [4.69, 9.17) is 0 Å². The molecule has 0 N–H and O–H groups in total. The molecule has 0 radical (unpaired) electrons. The fourth-order valence-electron chi connectivity index (χ4n) is 7.61. The molecule has 4 aliphatic rings. The highest BCUT2D eigenvalue weighted by Gasteiger charge is 2.52. The van der Waals surface area contributed by atoms with E-state index in [-0.39, 0.29) is 0 Å². The molecule has 1 aromatic rings. The monoisotopic (exact) mass is 408 g/mol. The second-order valence-electron chi connectivity index (χ2n) is 11.5. The molecule has 5 rings (SSSR count). The van der Waals surface area contributed by atoms with E-state index >= 15 is 0 Å². The molecule has 1 aromatic carbocycles. The van der Waals surface area contributed by atoms with Crippen molar-refractivity contribution in [2.24, 2.45) is 17.3 Å². The van der Waals surface area contributed by atoms with Gasteiger partial charge in [0.15, 0.2) is 0 Å². The number of rotatable bonds is 10. The Morgan fingerprint density at radius 1 is 0.700 bits per heavy atom. The third-order valence-electron chi connectivity index (χ3n) is 9.87. The first-order valence-electron chi connectivity index (χ1n) is 13.8. The zero-order valence-corrected chi connectivity index (χ0v) is 20.2. The molecule has 0 atom stereocenters. The Morgan fingerprint density at radius 2 is 1.30 bits per heavy atom. The molecule has 0 unspecified atom stereocenters. The quantitative estimate of drug-likeness (QED) is 0.338. The lowest BCUT2D eigenvalue weighted by atomic mass is 9.47. The van der Waals surface area contributed by atoms with Crippen LogP contribution in [-0.4, -0.2) is 0 Å². The summed E-state index contributed by atoms with van der Waals surface area (Å²) in [6.45, 7) is 4.64. The van der Waals surface area contributed by atoms with Gasteiger partial charge < -0.3 is 0 Å². The van der Waals surface area contributed by atoms with Gasteiger partial charge in [-0.25, -0.2) is 0 Å². The van der Waals surface area contributed by atoms with E-state index in [2.05, 4.69) is 38.1 Å². The van der Waals surface area contributed by atoms with Crippen molar-refractivity contribution in [3.63, 3.8) is 0 Å². The highest BCUT2D eigenvalue weighted by atomic mass is 14.6. The van der Waals surface area contributed by atoms with Gasteiger partial charge in [-0.15, -0.1) is 0 Å². The van der Waals surface area contributed by atoms with Gasteiger partial charge >= 0.3 is 0 Å². The third-order valence-corrected chi connectivity index (χ3v) is 9.87. The molecule has 0 spiro atoms. The van der Waals surface area contributed by atoms with E-state index in [9.17, 15) is 0 Å². The summed E-state index contributed by atoms with van der Waals surface area (Å²) >= 11 is 0. The van der Waals surface area contributed by atoms with Gasteiger partial charge in [0.2, 0.25) is 0 Å². The minimum absolute atomic E-state index is 0.529. The molecule has 168 valence electrons. The normalized spacial score (nSPS) is 33.7. The van der Waals surface area contributed by atoms with Gasteiger partial charge in [-0.3, -0.25) is 0 Å². The maximum atomic E-state index is 2.51. The minimum Gasteiger partial charge on any atom is -0.0654 e. The largest absolute Gasteiger partial charge is 0.0654 e. The molecular formula is C30H48. The zero-order valence-electron chi connectivity index (χ0n) is 20.2. The molecule has 0 heteroatoms. The molecule has 4 fully saturated rings. The Bertz CT molecular complexity index is 606. The lowest BCUT2D eigenvalue weighted by Crippen LogP contribution is -2.48. The summed E-state index contributed by atoms with van der Waals surface area (Å²) in [5.41, 5.74) is 4.49. The molecule has 0 nitrogen and oxygen atoms in total. The van der Waals surface area contributed by atoms with Crippen molar-refractivity contribution in [2.75, 3.05) is 0 Å². The summed E-state index contributed by atoms with van der Waals surface area (Å²) in [5.74, 6) is 2.12. The number of benzene rings is 1. The predicted molar refractivity (Wildman–Crippen MR) is 131 cm³/mol. The van der Waals surface area contributed by atoms with Crippen molar-refractivity contribution < 1.29 is 0 Å². The van der Waals surface area contributed by atoms with Gasteiger partial charge in [0.1, 0.15) is 0 Å². The van der Waals surface area contributed by atoms with Gasteiger partial charge in [0.05, 0.1) is 0 Å². The molecule has 0 aromatic heterocycles. The molecule has 4 aliphatic carbocycles. The first-order chi connectivity index (χ1) is 14.7. The Labute approximate surface area is 187 Å². The van der Waals surface area contributed by atoms with E-state index in [1.807, 2.05) is 0 Å². The van der Waals surface area contributed by atoms with Gasteiger partial charge in [0.25, 0.3) is 0 Å². The standard InChI is InChI=1S/C30H48/c1-3-5-7-9-25-11-15-27(16-12-25)29-19-22-30(23-20-29,24-21-29)28-17-13-26(14-18-28)10-8-6-4-2/h11-12,15-16,26,28H,3-10,13-14,17-24H2,1-2H3/t26-,28-,29?,30?. The van der Waals surface area contributed by atoms with E-state index < -0.39 is 0 Å². The molecule has 0 saturated heterocycles. The average molecular weight is 409 g/mol. The molecule has 0 heterocycles. The van der Waals surface area contributed by atoms with Gasteiger partial charge in [-0.2, -0.15) is 0 Å². The molecule has 30 heavy (non-hydrogen) atoms. The van der Waals surface area contributed by atoms with Crippen molar-refractivity contribution in [2.45, 2.75) is 135 Å². The van der Waals surface area contributed by atoms with Crippen LogP contribution in [0.2, 0.25) is 0 Å². The van der Waals surface area contributed by atoms with E-state index in [0.717, 1.165) is 17.3 Å².